The number of aromatic nitrogens is 1. The van der Waals surface area contributed by atoms with Gasteiger partial charge in [-0.2, -0.15) is 4.57 Å². The third-order valence-electron chi connectivity index (χ3n) is 9.24. The Labute approximate surface area is 345 Å². The van der Waals surface area contributed by atoms with Crippen LogP contribution >= 0.6 is 15.9 Å². The minimum absolute atomic E-state index is 0.200. The maximum absolute atomic E-state index is 15.4. The van der Waals surface area contributed by atoms with Crippen LogP contribution in [0.2, 0.25) is 0 Å². The molecule has 0 fully saturated rings. The molecule has 332 valence electrons. The van der Waals surface area contributed by atoms with Crippen LogP contribution in [0.3, 0.4) is 0 Å². The quantitative estimate of drug-likeness (QED) is 0.0292. The number of carbonyl (C=O) groups is 1. The van der Waals surface area contributed by atoms with E-state index >= 15 is 35.1 Å². The van der Waals surface area contributed by atoms with Gasteiger partial charge in [0.2, 0.25) is 0 Å². The van der Waals surface area contributed by atoms with E-state index in [1.165, 1.54) is 0 Å². The number of hydrogen-bond donors (Lipinski definition) is 0. The van der Waals surface area contributed by atoms with Crippen molar-refractivity contribution in [2.45, 2.75) is 6.54 Å². The Hall–Kier alpha value is -6.14. The van der Waals surface area contributed by atoms with E-state index in [9.17, 15) is 57.5 Å². The zero-order chi connectivity index (χ0) is 47.2. The van der Waals surface area contributed by atoms with Crippen molar-refractivity contribution >= 4 is 49.9 Å². The standard InChI is InChI=1S/C24BF20.C14H13BrNO2/c26-5-1(6(27)14(35)21(42)13(5)34)25(2-7(28)15(36)22(43)16(37)8(2)29,3-9(30)17(38)23(44)18(39)10(3)31)4-11(32)19(40)24(45)20(41)12(4)33;15-11-18-14(17)13-8-4-5-9-16(13)10-12-6-2-1-3-7-12/h;1-9H,10-11H2/q-1;+1. The van der Waals surface area contributed by atoms with Crippen LogP contribution in [0.25, 0.3) is 0 Å². The zero-order valence-electron chi connectivity index (χ0n) is 29.9. The van der Waals surface area contributed by atoms with E-state index in [1.54, 1.807) is 6.07 Å². The van der Waals surface area contributed by atoms with E-state index in [0.717, 1.165) is 5.56 Å². The van der Waals surface area contributed by atoms with Crippen LogP contribution in [0.15, 0.2) is 54.7 Å². The van der Waals surface area contributed by atoms with Gasteiger partial charge in [-0.1, -0.05) is 30.3 Å². The average Bonchev–Trinajstić information content (AvgIpc) is 3.27. The summed E-state index contributed by atoms with van der Waals surface area (Å²) in [5.41, 5.74) is -12.4. The Balaban J connectivity index is 0.000000345. The van der Waals surface area contributed by atoms with Crippen molar-refractivity contribution in [3.05, 3.63) is 182 Å². The lowest BCUT2D eigenvalue weighted by Crippen LogP contribution is -2.81. The van der Waals surface area contributed by atoms with Crippen LogP contribution in [0.5, 0.6) is 0 Å². The Morgan fingerprint density at radius 2 is 0.683 bits per heavy atom. The van der Waals surface area contributed by atoms with Crippen molar-refractivity contribution in [2.75, 3.05) is 5.52 Å². The SMILES string of the molecule is Fc1c(F)c(F)c([B-](c2c(F)c(F)c(F)c(F)c2F)(c2c(F)c(F)c(F)c(F)c2F)c2c(F)c(F)c(F)c(F)c2F)c(F)c1F.O=C(OCBr)c1cccc[n+]1Cc1ccccc1. The molecule has 5 aromatic carbocycles. The fraction of sp³-hybridized carbons (Fsp3) is 0.0526. The number of hydrogen-bond acceptors (Lipinski definition) is 2. The summed E-state index contributed by atoms with van der Waals surface area (Å²) in [5.74, 6) is -71.7. The number of rotatable bonds is 8. The second-order valence-corrected chi connectivity index (χ2v) is 13.0. The lowest BCUT2D eigenvalue weighted by Gasteiger charge is -2.44. The first-order valence-corrected chi connectivity index (χ1v) is 17.6. The van der Waals surface area contributed by atoms with E-state index in [0.29, 0.717) is 12.2 Å². The Morgan fingerprint density at radius 3 is 0.968 bits per heavy atom. The van der Waals surface area contributed by atoms with Gasteiger partial charge in [0, 0.05) is 17.7 Å². The number of esters is 1. The summed E-state index contributed by atoms with van der Waals surface area (Å²) >= 11 is 3.09. The third kappa shape index (κ3) is 7.83. The minimum Gasteiger partial charge on any atom is -0.446 e. The molecule has 0 aliphatic rings. The zero-order valence-corrected chi connectivity index (χ0v) is 31.5. The van der Waals surface area contributed by atoms with Crippen LogP contribution in [0.1, 0.15) is 16.1 Å². The number of nitrogens with zero attached hydrogens (tertiary/aromatic N) is 1. The summed E-state index contributed by atoms with van der Waals surface area (Å²) in [6.45, 7) is 0.647. The summed E-state index contributed by atoms with van der Waals surface area (Å²) < 4.78 is 301. The van der Waals surface area contributed by atoms with Crippen LogP contribution in [0.4, 0.5) is 87.8 Å². The first-order valence-electron chi connectivity index (χ1n) is 16.5. The average molecular weight is 986 g/mol. The van der Waals surface area contributed by atoms with Crippen LogP contribution < -0.4 is 26.4 Å². The van der Waals surface area contributed by atoms with E-state index < -0.39 is 144 Å². The van der Waals surface area contributed by atoms with Gasteiger partial charge >= 0.3 is 5.97 Å². The fourth-order valence-electron chi connectivity index (χ4n) is 6.58. The molecule has 0 amide bonds. The van der Waals surface area contributed by atoms with Crippen molar-refractivity contribution in [3.63, 3.8) is 0 Å². The molecule has 0 radical (unpaired) electrons. The second kappa shape index (κ2) is 18.3. The van der Waals surface area contributed by atoms with Crippen molar-refractivity contribution in [1.82, 2.24) is 0 Å². The van der Waals surface area contributed by atoms with Gasteiger partial charge in [0.15, 0.2) is 82.5 Å². The van der Waals surface area contributed by atoms with E-state index in [2.05, 4.69) is 15.9 Å². The minimum atomic E-state index is -7.22. The largest absolute Gasteiger partial charge is 0.446 e. The molecule has 0 saturated carbocycles. The van der Waals surface area contributed by atoms with E-state index in [4.69, 9.17) is 4.74 Å². The normalized spacial score (nSPS) is 11.4. The van der Waals surface area contributed by atoms with Gasteiger partial charge in [-0.05, 0) is 22.0 Å². The molecule has 0 atom stereocenters. The number of pyridine rings is 1. The molecule has 0 aliphatic heterocycles. The Bertz CT molecular complexity index is 2430. The topological polar surface area (TPSA) is 30.2 Å². The van der Waals surface area contributed by atoms with Gasteiger partial charge in [-0.3, -0.25) is 0 Å². The molecule has 0 unspecified atom stereocenters. The number of halogens is 21. The molecule has 6 aromatic rings. The highest BCUT2D eigenvalue weighted by molar-refractivity contribution is 9.09. The summed E-state index contributed by atoms with van der Waals surface area (Å²) in [4.78, 5) is 11.8. The van der Waals surface area contributed by atoms with Gasteiger partial charge in [-0.15, -0.1) is 21.9 Å². The highest BCUT2D eigenvalue weighted by Gasteiger charge is 2.52. The molecule has 25 heteroatoms. The summed E-state index contributed by atoms with van der Waals surface area (Å²) in [6, 6.07) is 15.5. The predicted molar refractivity (Wildman–Crippen MR) is 181 cm³/mol. The van der Waals surface area contributed by atoms with Gasteiger partial charge in [0.05, 0.1) is 0 Å². The van der Waals surface area contributed by atoms with E-state index in [1.807, 2.05) is 53.2 Å². The van der Waals surface area contributed by atoms with Gasteiger partial charge in [0.25, 0.3) is 5.69 Å². The monoisotopic (exact) mass is 985 g/mol. The summed E-state index contributed by atoms with van der Waals surface area (Å²) in [6.07, 6.45) is -5.34. The molecule has 0 spiro atoms. The van der Waals surface area contributed by atoms with Crippen LogP contribution in [-0.2, 0) is 11.3 Å². The summed E-state index contributed by atoms with van der Waals surface area (Å²) in [7, 11) is 0. The molecule has 0 N–H and O–H groups in total. The lowest BCUT2D eigenvalue weighted by atomic mass is 9.12. The molecular formula is C38H13BBrF20NO2. The molecule has 6 rings (SSSR count). The molecule has 0 bridgehead atoms. The fourth-order valence-corrected chi connectivity index (χ4v) is 6.79. The predicted octanol–water partition coefficient (Wildman–Crippen LogP) is 8.38. The molecule has 63 heavy (non-hydrogen) atoms. The molecule has 1 heterocycles. The molecular weight excluding hydrogens is 973 g/mol. The van der Waals surface area contributed by atoms with E-state index in [-0.39, 0.29) is 11.5 Å². The Kier molecular flexibility index (Phi) is 13.9. The van der Waals surface area contributed by atoms with Crippen LogP contribution in [0, 0.1) is 116 Å². The maximum atomic E-state index is 15.4. The lowest BCUT2D eigenvalue weighted by molar-refractivity contribution is -0.690. The molecule has 3 nitrogen and oxygen atoms in total. The number of carbonyl (C=O) groups excluding carboxylic acids is 1. The summed E-state index contributed by atoms with van der Waals surface area (Å²) in [5, 5.41) is 0. The molecule has 0 saturated heterocycles. The van der Waals surface area contributed by atoms with Crippen LogP contribution in [-0.4, -0.2) is 17.6 Å². The van der Waals surface area contributed by atoms with Gasteiger partial charge < -0.3 is 4.74 Å². The first-order chi connectivity index (χ1) is 29.5. The first kappa shape index (κ1) is 47.9. The number of alkyl halides is 1. The van der Waals surface area contributed by atoms with Crippen molar-refractivity contribution in [3.8, 4) is 0 Å². The third-order valence-corrected chi connectivity index (χ3v) is 9.47. The maximum Gasteiger partial charge on any atom is 0.404 e. The van der Waals surface area contributed by atoms with Gasteiger partial charge in [0.1, 0.15) is 58.2 Å². The second-order valence-electron chi connectivity index (χ2n) is 12.5. The smallest absolute Gasteiger partial charge is 0.404 e. The van der Waals surface area contributed by atoms with Gasteiger partial charge in [-0.25, -0.2) is 92.6 Å². The number of ether oxygens (including phenoxy) is 1. The highest BCUT2D eigenvalue weighted by atomic mass is 79.9. The van der Waals surface area contributed by atoms with Crippen molar-refractivity contribution in [1.29, 1.82) is 0 Å². The molecule has 1 aromatic heterocycles. The number of benzene rings is 5. The van der Waals surface area contributed by atoms with Crippen molar-refractivity contribution < 1.29 is 102 Å². The van der Waals surface area contributed by atoms with Crippen molar-refractivity contribution in [2.24, 2.45) is 0 Å². The highest BCUT2D eigenvalue weighted by Crippen LogP contribution is 2.30. The Morgan fingerprint density at radius 1 is 0.413 bits per heavy atom. The molecule has 0 aliphatic carbocycles.